The van der Waals surface area contributed by atoms with E-state index in [1.807, 2.05) is 0 Å². The summed E-state index contributed by atoms with van der Waals surface area (Å²) in [5.41, 5.74) is 0. The minimum Gasteiger partial charge on any atom is -0.0654 e. The van der Waals surface area contributed by atoms with Crippen LogP contribution in [0.3, 0.4) is 0 Å². The second-order valence-corrected chi connectivity index (χ2v) is 15.7. The van der Waals surface area contributed by atoms with Gasteiger partial charge in [-0.05, 0) is 97.2 Å². The first-order chi connectivity index (χ1) is 17.8. The lowest BCUT2D eigenvalue weighted by molar-refractivity contribution is 0.182. The highest BCUT2D eigenvalue weighted by Crippen LogP contribution is 2.47. The molecule has 0 aliphatic heterocycles. The van der Waals surface area contributed by atoms with Crippen LogP contribution in [0.15, 0.2) is 0 Å². The van der Waals surface area contributed by atoms with Crippen molar-refractivity contribution in [3.63, 3.8) is 0 Å². The van der Waals surface area contributed by atoms with Gasteiger partial charge < -0.3 is 0 Å². The van der Waals surface area contributed by atoms with Crippen LogP contribution >= 0.6 is 0 Å². The largest absolute Gasteiger partial charge is 0.0654 e. The molecule has 0 nitrogen and oxygen atoms in total. The van der Waals surface area contributed by atoms with Crippen molar-refractivity contribution in [1.29, 1.82) is 0 Å². The summed E-state index contributed by atoms with van der Waals surface area (Å²) < 4.78 is 0. The van der Waals surface area contributed by atoms with Crippen molar-refractivity contribution in [1.82, 2.24) is 0 Å². The monoisotopic (exact) mass is 535 g/mol. The van der Waals surface area contributed by atoms with Crippen molar-refractivity contribution in [3.8, 4) is 0 Å². The minimum absolute atomic E-state index is 0.852. The summed E-state index contributed by atoms with van der Waals surface area (Å²) in [6.45, 7) is 30.3. The van der Waals surface area contributed by atoms with Crippen LogP contribution in [0.4, 0.5) is 0 Å². The molecule has 2 aliphatic carbocycles. The Labute approximate surface area is 244 Å². The maximum Gasteiger partial charge on any atom is -0.0357 e. The molecular formula is C38H78. The molecule has 0 amide bonds. The van der Waals surface area contributed by atoms with E-state index in [0.717, 1.165) is 65.1 Å². The zero-order chi connectivity index (χ0) is 29.3. The molecule has 5 unspecified atom stereocenters. The third kappa shape index (κ3) is 17.6. The highest BCUT2D eigenvalue weighted by atomic mass is 14.4. The van der Waals surface area contributed by atoms with E-state index in [1.54, 1.807) is 12.8 Å². The Morgan fingerprint density at radius 3 is 1.63 bits per heavy atom. The topological polar surface area (TPSA) is 0 Å². The molecule has 5 atom stereocenters. The van der Waals surface area contributed by atoms with Gasteiger partial charge in [0.1, 0.15) is 0 Å². The van der Waals surface area contributed by atoms with Gasteiger partial charge in [-0.25, -0.2) is 0 Å². The summed E-state index contributed by atoms with van der Waals surface area (Å²) in [7, 11) is 0. The predicted octanol–water partition coefficient (Wildman–Crippen LogP) is 13.5. The summed E-state index contributed by atoms with van der Waals surface area (Å²) in [5.74, 6) is 10.6. The van der Waals surface area contributed by atoms with Gasteiger partial charge in [-0.2, -0.15) is 0 Å². The van der Waals surface area contributed by atoms with Crippen LogP contribution in [0.1, 0.15) is 180 Å². The molecule has 0 radical (unpaired) electrons. The third-order valence-corrected chi connectivity index (χ3v) is 10.5. The van der Waals surface area contributed by atoms with E-state index in [9.17, 15) is 0 Å². The molecule has 0 heterocycles. The molecule has 2 rings (SSSR count). The van der Waals surface area contributed by atoms with Gasteiger partial charge in [0.25, 0.3) is 0 Å². The number of rotatable bonds is 13. The maximum atomic E-state index is 2.57. The van der Waals surface area contributed by atoms with Gasteiger partial charge >= 0.3 is 0 Å². The maximum absolute atomic E-state index is 2.57. The average Bonchev–Trinajstić information content (AvgIpc) is 3.21. The fourth-order valence-corrected chi connectivity index (χ4v) is 7.22. The van der Waals surface area contributed by atoms with Crippen molar-refractivity contribution in [2.24, 2.45) is 65.1 Å². The summed E-state index contributed by atoms with van der Waals surface area (Å²) in [4.78, 5) is 0. The second kappa shape index (κ2) is 21.7. The van der Waals surface area contributed by atoms with Crippen LogP contribution < -0.4 is 0 Å². The fourth-order valence-electron chi connectivity index (χ4n) is 7.22. The molecule has 0 heteroatoms. The Hall–Kier alpha value is 0. The normalized spacial score (nSPS) is 27.2. The van der Waals surface area contributed by atoms with Gasteiger partial charge in [0.15, 0.2) is 0 Å². The van der Waals surface area contributed by atoms with Gasteiger partial charge in [-0.1, -0.05) is 148 Å². The van der Waals surface area contributed by atoms with Gasteiger partial charge in [0.05, 0.1) is 0 Å². The van der Waals surface area contributed by atoms with E-state index in [4.69, 9.17) is 0 Å². The molecular weight excluding hydrogens is 456 g/mol. The Balaban J connectivity index is 0.000000869. The molecule has 0 aromatic carbocycles. The standard InChI is InChI=1S/C25H48.C7H16.C6H14/c1-6-10-23(20(4)7-2)12-9-8-11-22-17-21(5)25(18-22)24-15-13-19(3)14-16-24;1-6(2)5-7(3)4;1-5(2)6(3)4/h19-25H,6-18H2,1-5H3;6-7H,5H2,1-4H3;5-6H,1-4H3. The van der Waals surface area contributed by atoms with E-state index in [1.165, 1.54) is 77.0 Å². The predicted molar refractivity (Wildman–Crippen MR) is 177 cm³/mol. The Morgan fingerprint density at radius 2 is 1.21 bits per heavy atom. The molecule has 2 fully saturated rings. The van der Waals surface area contributed by atoms with Crippen LogP contribution in [0, 0.1) is 65.1 Å². The van der Waals surface area contributed by atoms with Gasteiger partial charge in [-0.3, -0.25) is 0 Å². The summed E-state index contributed by atoms with van der Waals surface area (Å²) in [6.07, 6.45) is 20.8. The first kappa shape index (κ1) is 38.0. The lowest BCUT2D eigenvalue weighted by Gasteiger charge is -2.33. The van der Waals surface area contributed by atoms with E-state index in [0.29, 0.717) is 0 Å². The second-order valence-electron chi connectivity index (χ2n) is 15.7. The number of hydrogen-bond acceptors (Lipinski definition) is 0. The van der Waals surface area contributed by atoms with Crippen molar-refractivity contribution in [3.05, 3.63) is 0 Å². The molecule has 38 heavy (non-hydrogen) atoms. The molecule has 2 aliphatic rings. The van der Waals surface area contributed by atoms with E-state index in [-0.39, 0.29) is 0 Å². The summed E-state index contributed by atoms with van der Waals surface area (Å²) in [5, 5.41) is 0. The average molecular weight is 535 g/mol. The van der Waals surface area contributed by atoms with Crippen LogP contribution in [-0.4, -0.2) is 0 Å². The van der Waals surface area contributed by atoms with Crippen LogP contribution in [-0.2, 0) is 0 Å². The molecule has 0 aromatic rings. The van der Waals surface area contributed by atoms with Gasteiger partial charge in [-0.15, -0.1) is 0 Å². The van der Waals surface area contributed by atoms with Crippen LogP contribution in [0.5, 0.6) is 0 Å². The molecule has 0 spiro atoms. The zero-order valence-electron chi connectivity index (χ0n) is 29.3. The van der Waals surface area contributed by atoms with Gasteiger partial charge in [0.2, 0.25) is 0 Å². The minimum atomic E-state index is 0.852. The van der Waals surface area contributed by atoms with E-state index < -0.39 is 0 Å². The quantitative estimate of drug-likeness (QED) is 0.206. The van der Waals surface area contributed by atoms with Crippen molar-refractivity contribution >= 4 is 0 Å². The van der Waals surface area contributed by atoms with E-state index >= 15 is 0 Å². The Bertz CT molecular complexity index is 494. The Kier molecular flexibility index (Phi) is 21.7. The van der Waals surface area contributed by atoms with Crippen molar-refractivity contribution in [2.45, 2.75) is 180 Å². The zero-order valence-corrected chi connectivity index (χ0v) is 29.3. The number of unbranched alkanes of at least 4 members (excludes halogenated alkanes) is 1. The molecule has 230 valence electrons. The lowest BCUT2D eigenvalue weighted by Crippen LogP contribution is -2.22. The lowest BCUT2D eigenvalue weighted by atomic mass is 9.73. The molecule has 0 N–H and O–H groups in total. The van der Waals surface area contributed by atoms with E-state index in [2.05, 4.69) is 90.0 Å². The van der Waals surface area contributed by atoms with Gasteiger partial charge in [0, 0.05) is 0 Å². The molecule has 0 saturated heterocycles. The van der Waals surface area contributed by atoms with Crippen molar-refractivity contribution < 1.29 is 0 Å². The smallest absolute Gasteiger partial charge is 0.0357 e. The van der Waals surface area contributed by atoms with Crippen LogP contribution in [0.25, 0.3) is 0 Å². The molecule has 0 bridgehead atoms. The first-order valence-electron chi connectivity index (χ1n) is 17.8. The first-order valence-corrected chi connectivity index (χ1v) is 17.8. The molecule has 2 saturated carbocycles. The fraction of sp³-hybridized carbons (Fsp3) is 1.00. The summed E-state index contributed by atoms with van der Waals surface area (Å²) in [6, 6.07) is 0. The highest BCUT2D eigenvalue weighted by molar-refractivity contribution is 4.87. The highest BCUT2D eigenvalue weighted by Gasteiger charge is 2.37. The third-order valence-electron chi connectivity index (χ3n) is 10.5. The molecule has 0 aromatic heterocycles. The summed E-state index contributed by atoms with van der Waals surface area (Å²) >= 11 is 0. The van der Waals surface area contributed by atoms with Crippen molar-refractivity contribution in [2.75, 3.05) is 0 Å². The Morgan fingerprint density at radius 1 is 0.658 bits per heavy atom. The SMILES string of the molecule is CC(C)C(C)C.CC(C)CC(C)C.CCCC(CCCCC1CC(C)C(C2CCC(C)CC2)C1)C(C)CC. The number of hydrogen-bond donors (Lipinski definition) is 0. The van der Waals surface area contributed by atoms with Crippen LogP contribution in [0.2, 0.25) is 0 Å².